The lowest BCUT2D eigenvalue weighted by Crippen LogP contribution is -2.50. The number of aryl methyl sites for hydroxylation is 1. The minimum absolute atomic E-state index is 0.0918. The number of para-hydroxylation sites is 1. The zero-order valence-electron chi connectivity index (χ0n) is 23.2. The Morgan fingerprint density at radius 1 is 1.05 bits per heavy atom. The van der Waals surface area contributed by atoms with E-state index in [1.54, 1.807) is 42.9 Å². The second-order valence-corrected chi connectivity index (χ2v) is 10.4. The molecule has 1 atom stereocenters. The second-order valence-electron chi connectivity index (χ2n) is 10.4. The Morgan fingerprint density at radius 2 is 1.79 bits per heavy atom. The number of carbonyl (C=O) groups is 2. The molecule has 0 spiro atoms. The number of methoxy groups -OCH3 is 2. The van der Waals surface area contributed by atoms with Crippen LogP contribution in [-0.2, 0) is 22.6 Å². The van der Waals surface area contributed by atoms with E-state index in [0.717, 1.165) is 11.1 Å². The van der Waals surface area contributed by atoms with Gasteiger partial charge in [-0.25, -0.2) is 4.68 Å². The average molecular weight is 534 g/mol. The first kappa shape index (κ1) is 27.7. The van der Waals surface area contributed by atoms with E-state index in [0.29, 0.717) is 35.0 Å². The third-order valence-electron chi connectivity index (χ3n) is 6.20. The van der Waals surface area contributed by atoms with Gasteiger partial charge >= 0.3 is 0 Å². The molecule has 0 fully saturated rings. The number of ether oxygens (including phenoxy) is 2. The fraction of sp³-hybridized carbons (Fsp3) is 0.379. The maximum atomic E-state index is 14.0. The van der Waals surface area contributed by atoms with E-state index in [1.807, 2.05) is 63.2 Å². The van der Waals surface area contributed by atoms with Crippen LogP contribution in [0.25, 0.3) is 11.0 Å². The number of furan rings is 1. The largest absolute Gasteiger partial charge is 0.493 e. The highest BCUT2D eigenvalue weighted by Gasteiger charge is 2.35. The summed E-state index contributed by atoms with van der Waals surface area (Å²) in [5, 5.41) is 11.4. The van der Waals surface area contributed by atoms with Crippen molar-refractivity contribution in [3.63, 3.8) is 0 Å². The second kappa shape index (κ2) is 11.6. The first-order chi connectivity index (χ1) is 18.6. The summed E-state index contributed by atoms with van der Waals surface area (Å²) in [6.07, 6.45) is 0.461. The van der Waals surface area contributed by atoms with Crippen molar-refractivity contribution in [1.29, 1.82) is 0 Å². The predicted molar refractivity (Wildman–Crippen MR) is 147 cm³/mol. The summed E-state index contributed by atoms with van der Waals surface area (Å²) in [6, 6.07) is 15.6. The topological polar surface area (TPSA) is 112 Å². The van der Waals surface area contributed by atoms with E-state index in [1.165, 1.54) is 0 Å². The van der Waals surface area contributed by atoms with Crippen LogP contribution >= 0.6 is 0 Å². The molecule has 10 heteroatoms. The molecule has 0 aliphatic heterocycles. The maximum Gasteiger partial charge on any atom is 0.251 e. The Hall–Kier alpha value is -4.34. The minimum atomic E-state index is -0.986. The summed E-state index contributed by atoms with van der Waals surface area (Å²) < 4.78 is 18.3. The first-order valence-corrected chi connectivity index (χ1v) is 12.8. The van der Waals surface area contributed by atoms with Gasteiger partial charge in [0.2, 0.25) is 5.91 Å². The number of fused-ring (bicyclic) bond motifs is 1. The highest BCUT2D eigenvalue weighted by atomic mass is 16.5. The number of aromatic nitrogens is 3. The fourth-order valence-electron chi connectivity index (χ4n) is 4.40. The van der Waals surface area contributed by atoms with Gasteiger partial charge in [0.05, 0.1) is 19.7 Å². The molecule has 0 aliphatic rings. The van der Waals surface area contributed by atoms with Crippen LogP contribution in [0.2, 0.25) is 0 Å². The molecule has 1 N–H and O–H groups in total. The molecule has 0 saturated heterocycles. The van der Waals surface area contributed by atoms with Crippen LogP contribution in [-0.4, -0.2) is 58.0 Å². The molecule has 0 saturated carbocycles. The average Bonchev–Trinajstić information content (AvgIpc) is 3.51. The summed E-state index contributed by atoms with van der Waals surface area (Å²) in [5.74, 6) is 1.60. The van der Waals surface area contributed by atoms with Crippen molar-refractivity contribution in [1.82, 2.24) is 25.2 Å². The Balaban J connectivity index is 1.70. The highest BCUT2D eigenvalue weighted by molar-refractivity contribution is 5.89. The van der Waals surface area contributed by atoms with E-state index in [-0.39, 0.29) is 24.9 Å². The van der Waals surface area contributed by atoms with E-state index >= 15 is 0 Å². The van der Waals surface area contributed by atoms with Gasteiger partial charge in [0.15, 0.2) is 17.5 Å². The summed E-state index contributed by atoms with van der Waals surface area (Å²) >= 11 is 0. The van der Waals surface area contributed by atoms with Crippen LogP contribution in [0.3, 0.4) is 0 Å². The van der Waals surface area contributed by atoms with Crippen molar-refractivity contribution in [2.24, 2.45) is 0 Å². The van der Waals surface area contributed by atoms with Gasteiger partial charge in [-0.3, -0.25) is 9.59 Å². The molecular formula is C29H35N5O5. The van der Waals surface area contributed by atoms with Crippen molar-refractivity contribution in [3.8, 4) is 11.5 Å². The van der Waals surface area contributed by atoms with Crippen LogP contribution in [0.5, 0.6) is 11.5 Å². The Morgan fingerprint density at radius 3 is 2.46 bits per heavy atom. The third-order valence-corrected chi connectivity index (χ3v) is 6.20. The van der Waals surface area contributed by atoms with Gasteiger partial charge in [-0.2, -0.15) is 0 Å². The first-order valence-electron chi connectivity index (χ1n) is 12.8. The zero-order valence-corrected chi connectivity index (χ0v) is 23.2. The highest BCUT2D eigenvalue weighted by Crippen LogP contribution is 2.29. The van der Waals surface area contributed by atoms with Gasteiger partial charge < -0.3 is 24.1 Å². The molecule has 10 nitrogen and oxygen atoms in total. The minimum Gasteiger partial charge on any atom is -0.493 e. The van der Waals surface area contributed by atoms with E-state index < -0.39 is 11.6 Å². The Bertz CT molecular complexity index is 1450. The molecule has 0 aliphatic carbocycles. The van der Waals surface area contributed by atoms with Crippen LogP contribution in [0.1, 0.15) is 43.9 Å². The number of amides is 2. The molecule has 2 amide bonds. The number of carbonyl (C=O) groups excluding carboxylic acids is 2. The quantitative estimate of drug-likeness (QED) is 0.327. The molecule has 206 valence electrons. The van der Waals surface area contributed by atoms with Crippen molar-refractivity contribution in [3.05, 3.63) is 71.7 Å². The molecule has 2 aromatic heterocycles. The SMILES string of the molecule is COc1ccc(CCN(C(=O)Cn2nnc3ccccc32)[C@H](C(=O)NC(C)(C)C)c2ccc(C)o2)cc1OC. The summed E-state index contributed by atoms with van der Waals surface area (Å²) in [7, 11) is 3.15. The van der Waals surface area contributed by atoms with Gasteiger partial charge in [-0.05, 0) is 76.1 Å². The molecule has 4 aromatic rings. The summed E-state index contributed by atoms with van der Waals surface area (Å²) in [6.45, 7) is 7.64. The number of rotatable bonds is 10. The van der Waals surface area contributed by atoms with Crippen molar-refractivity contribution < 1.29 is 23.5 Å². The van der Waals surface area contributed by atoms with E-state index in [9.17, 15) is 9.59 Å². The lowest BCUT2D eigenvalue weighted by atomic mass is 10.0. The predicted octanol–water partition coefficient (Wildman–Crippen LogP) is 4.08. The Labute approximate surface area is 227 Å². The maximum absolute atomic E-state index is 14.0. The number of nitrogens with one attached hydrogen (secondary N) is 1. The van der Waals surface area contributed by atoms with Gasteiger partial charge in [0.1, 0.15) is 23.6 Å². The standard InChI is InChI=1S/C29H35N5O5/c1-19-11-13-24(39-19)27(28(36)30-29(2,3)4)33(16-15-20-12-14-23(37-5)25(17-20)38-6)26(35)18-34-22-10-8-7-9-21(22)31-32-34/h7-14,17,27H,15-16,18H2,1-6H3,(H,30,36)/t27-/m0/s1. The monoisotopic (exact) mass is 533 g/mol. The Kier molecular flexibility index (Phi) is 8.23. The number of hydrogen-bond acceptors (Lipinski definition) is 7. The molecule has 0 unspecified atom stereocenters. The number of benzene rings is 2. The van der Waals surface area contributed by atoms with Crippen molar-refractivity contribution in [2.45, 2.75) is 52.2 Å². The molecule has 39 heavy (non-hydrogen) atoms. The molecule has 0 radical (unpaired) electrons. The van der Waals surface area contributed by atoms with Gasteiger partial charge in [0, 0.05) is 12.1 Å². The van der Waals surface area contributed by atoms with E-state index in [2.05, 4.69) is 15.6 Å². The fourth-order valence-corrected chi connectivity index (χ4v) is 4.40. The van der Waals surface area contributed by atoms with Crippen LogP contribution in [0.15, 0.2) is 59.0 Å². The van der Waals surface area contributed by atoms with Gasteiger partial charge in [-0.15, -0.1) is 5.10 Å². The van der Waals surface area contributed by atoms with Gasteiger partial charge in [-0.1, -0.05) is 23.4 Å². The molecule has 4 rings (SSSR count). The molecule has 2 heterocycles. The molecule has 2 aromatic carbocycles. The van der Waals surface area contributed by atoms with Crippen LogP contribution in [0, 0.1) is 6.92 Å². The molecular weight excluding hydrogens is 498 g/mol. The summed E-state index contributed by atoms with van der Waals surface area (Å²) in [5.41, 5.74) is 1.82. The van der Waals surface area contributed by atoms with Gasteiger partial charge in [0.25, 0.3) is 5.91 Å². The third kappa shape index (κ3) is 6.57. The normalized spacial score (nSPS) is 12.3. The van der Waals surface area contributed by atoms with Crippen LogP contribution in [0.4, 0.5) is 0 Å². The smallest absolute Gasteiger partial charge is 0.251 e. The van der Waals surface area contributed by atoms with Crippen LogP contribution < -0.4 is 14.8 Å². The lowest BCUT2D eigenvalue weighted by molar-refractivity contribution is -0.142. The van der Waals surface area contributed by atoms with E-state index in [4.69, 9.17) is 13.9 Å². The number of hydrogen-bond donors (Lipinski definition) is 1. The lowest BCUT2D eigenvalue weighted by Gasteiger charge is -2.32. The summed E-state index contributed by atoms with van der Waals surface area (Å²) in [4.78, 5) is 29.2. The molecule has 0 bridgehead atoms. The van der Waals surface area contributed by atoms with Crippen molar-refractivity contribution >= 4 is 22.8 Å². The van der Waals surface area contributed by atoms with Crippen molar-refractivity contribution in [2.75, 3.05) is 20.8 Å². The number of nitrogens with zero attached hydrogens (tertiary/aromatic N) is 4. The zero-order chi connectivity index (χ0) is 28.2.